The summed E-state index contributed by atoms with van der Waals surface area (Å²) in [6.45, 7) is 6.72. The Morgan fingerprint density at radius 1 is 1.24 bits per heavy atom. The van der Waals surface area contributed by atoms with Crippen LogP contribution in [0.25, 0.3) is 22.2 Å². The lowest BCUT2D eigenvalue weighted by atomic mass is 9.96. The number of benzene rings is 1. The van der Waals surface area contributed by atoms with E-state index in [9.17, 15) is 5.11 Å². The molecule has 0 aliphatic carbocycles. The van der Waals surface area contributed by atoms with Crippen LogP contribution < -0.4 is 0 Å². The predicted octanol–water partition coefficient (Wildman–Crippen LogP) is 3.86. The van der Waals surface area contributed by atoms with E-state index in [1.807, 2.05) is 45.1 Å². The molecule has 0 aliphatic rings. The van der Waals surface area contributed by atoms with Gasteiger partial charge in [-0.1, -0.05) is 37.2 Å². The van der Waals surface area contributed by atoms with Crippen LogP contribution in [-0.4, -0.2) is 40.4 Å². The van der Waals surface area contributed by atoms with Crippen molar-refractivity contribution in [2.75, 3.05) is 20.6 Å². The van der Waals surface area contributed by atoms with Crippen molar-refractivity contribution in [2.45, 2.75) is 32.8 Å². The van der Waals surface area contributed by atoms with Crippen LogP contribution in [0.5, 0.6) is 0 Å². The van der Waals surface area contributed by atoms with E-state index in [2.05, 4.69) is 35.7 Å². The number of hydrogen-bond acceptors (Lipinski definition) is 4. The monoisotopic (exact) mass is 341 g/mol. The molecule has 25 heavy (non-hydrogen) atoms. The number of rotatable bonds is 5. The number of hydrogen-bond donors (Lipinski definition) is 1. The number of nitrogens with zero attached hydrogens (tertiary/aromatic N) is 3. The largest absolute Gasteiger partial charge is 0.387 e. The van der Waals surface area contributed by atoms with Crippen molar-refractivity contribution in [3.05, 3.63) is 41.3 Å². The number of aliphatic hydroxyl groups excluding tert-OH is 1. The highest BCUT2D eigenvalue weighted by atomic mass is 16.5. The highest BCUT2D eigenvalue weighted by Crippen LogP contribution is 2.41. The summed E-state index contributed by atoms with van der Waals surface area (Å²) >= 11 is 0. The maximum absolute atomic E-state index is 11.0. The molecule has 1 aromatic carbocycles. The number of likely N-dealkylation sites (N-methyl/N-ethyl adjacent to an activating group) is 1. The molecule has 5 nitrogen and oxygen atoms in total. The Labute approximate surface area is 148 Å². The Morgan fingerprint density at radius 2 is 1.92 bits per heavy atom. The maximum Gasteiger partial charge on any atom is 0.143 e. The zero-order valence-corrected chi connectivity index (χ0v) is 15.9. The Morgan fingerprint density at radius 3 is 2.56 bits per heavy atom. The summed E-state index contributed by atoms with van der Waals surface area (Å²) in [5.41, 5.74) is 4.97. The molecule has 0 radical (unpaired) electrons. The van der Waals surface area contributed by atoms with Crippen LogP contribution in [0.1, 0.15) is 42.9 Å². The normalized spacial score (nSPS) is 13.3. The molecule has 0 saturated heterocycles. The Kier molecular flexibility index (Phi) is 4.71. The van der Waals surface area contributed by atoms with Crippen molar-refractivity contribution < 1.29 is 9.63 Å². The van der Waals surface area contributed by atoms with Crippen molar-refractivity contribution in [1.29, 1.82) is 0 Å². The molecule has 3 aromatic rings. The third-order valence-electron chi connectivity index (χ3n) is 4.69. The summed E-state index contributed by atoms with van der Waals surface area (Å²) in [6, 6.07) is 8.20. The molecular weight excluding hydrogens is 314 g/mol. The van der Waals surface area contributed by atoms with Crippen LogP contribution in [0.15, 0.2) is 28.8 Å². The molecule has 134 valence electrons. The second kappa shape index (κ2) is 6.65. The van der Waals surface area contributed by atoms with Gasteiger partial charge in [-0.15, -0.1) is 0 Å². The number of fused-ring (bicyclic) bond motifs is 1. The SMILES string of the molecule is Cc1onc(C(C)C)c1-c1c(C(O)CN(C)C)c2ccccc2n1C. The Bertz CT molecular complexity index is 890. The Balaban J connectivity index is 2.35. The first-order chi connectivity index (χ1) is 11.8. The fourth-order valence-corrected chi connectivity index (χ4v) is 3.57. The molecule has 0 amide bonds. The van der Waals surface area contributed by atoms with Crippen LogP contribution in [0.4, 0.5) is 0 Å². The third-order valence-corrected chi connectivity index (χ3v) is 4.69. The molecule has 1 unspecified atom stereocenters. The minimum absolute atomic E-state index is 0.240. The Hall–Kier alpha value is -2.11. The van der Waals surface area contributed by atoms with Crippen LogP contribution in [0, 0.1) is 6.92 Å². The summed E-state index contributed by atoms with van der Waals surface area (Å²) < 4.78 is 7.67. The van der Waals surface area contributed by atoms with E-state index in [4.69, 9.17) is 4.52 Å². The summed E-state index contributed by atoms with van der Waals surface area (Å²) in [5.74, 6) is 1.03. The highest BCUT2D eigenvalue weighted by Gasteiger charge is 2.28. The van der Waals surface area contributed by atoms with Gasteiger partial charge in [0.2, 0.25) is 0 Å². The fraction of sp³-hybridized carbons (Fsp3) is 0.450. The lowest BCUT2D eigenvalue weighted by Gasteiger charge is -2.18. The topological polar surface area (TPSA) is 54.4 Å². The van der Waals surface area contributed by atoms with E-state index >= 15 is 0 Å². The number of para-hydroxylation sites is 1. The first-order valence-electron chi connectivity index (χ1n) is 8.69. The predicted molar refractivity (Wildman–Crippen MR) is 101 cm³/mol. The van der Waals surface area contributed by atoms with Crippen molar-refractivity contribution in [2.24, 2.45) is 7.05 Å². The van der Waals surface area contributed by atoms with Gasteiger partial charge in [0.25, 0.3) is 0 Å². The molecule has 2 heterocycles. The van der Waals surface area contributed by atoms with E-state index in [1.165, 1.54) is 0 Å². The van der Waals surface area contributed by atoms with E-state index in [0.717, 1.165) is 39.2 Å². The fourth-order valence-electron chi connectivity index (χ4n) is 3.57. The molecule has 0 aliphatic heterocycles. The zero-order chi connectivity index (χ0) is 18.3. The molecule has 3 rings (SSSR count). The first-order valence-corrected chi connectivity index (χ1v) is 8.69. The van der Waals surface area contributed by atoms with Crippen molar-refractivity contribution in [3.8, 4) is 11.3 Å². The molecule has 0 saturated carbocycles. The van der Waals surface area contributed by atoms with Crippen LogP contribution in [0.2, 0.25) is 0 Å². The van der Waals surface area contributed by atoms with Gasteiger partial charge in [0.15, 0.2) is 0 Å². The second-order valence-electron chi connectivity index (χ2n) is 7.27. The van der Waals surface area contributed by atoms with Gasteiger partial charge in [-0.3, -0.25) is 0 Å². The van der Waals surface area contributed by atoms with Gasteiger partial charge >= 0.3 is 0 Å². The van der Waals surface area contributed by atoms with Crippen molar-refractivity contribution in [3.63, 3.8) is 0 Å². The number of aliphatic hydroxyl groups is 1. The van der Waals surface area contributed by atoms with Gasteiger partial charge in [0.1, 0.15) is 5.76 Å². The van der Waals surface area contributed by atoms with Crippen LogP contribution >= 0.6 is 0 Å². The van der Waals surface area contributed by atoms with E-state index in [1.54, 1.807) is 0 Å². The second-order valence-corrected chi connectivity index (χ2v) is 7.27. The lowest BCUT2D eigenvalue weighted by Crippen LogP contribution is -2.20. The van der Waals surface area contributed by atoms with Gasteiger partial charge in [-0.2, -0.15) is 0 Å². The van der Waals surface area contributed by atoms with Gasteiger partial charge in [-0.25, -0.2) is 0 Å². The molecule has 1 atom stereocenters. The molecule has 0 spiro atoms. The van der Waals surface area contributed by atoms with Crippen LogP contribution in [-0.2, 0) is 7.05 Å². The standard InChI is InChI=1S/C20H27N3O2/c1-12(2)19-17(13(3)25-21-19)20-18(16(24)11-22(4)5)14-9-7-8-10-15(14)23(20)6/h7-10,12,16,24H,11H2,1-6H3. The number of aromatic nitrogens is 2. The number of aryl methyl sites for hydroxylation is 2. The smallest absolute Gasteiger partial charge is 0.143 e. The van der Waals surface area contributed by atoms with Crippen molar-refractivity contribution >= 4 is 10.9 Å². The summed E-state index contributed by atoms with van der Waals surface area (Å²) in [7, 11) is 5.98. The minimum atomic E-state index is -0.592. The average molecular weight is 341 g/mol. The minimum Gasteiger partial charge on any atom is -0.387 e. The molecule has 5 heteroatoms. The molecular formula is C20H27N3O2. The molecule has 0 bridgehead atoms. The van der Waals surface area contributed by atoms with E-state index in [-0.39, 0.29) is 5.92 Å². The summed E-state index contributed by atoms with van der Waals surface area (Å²) in [6.07, 6.45) is -0.592. The van der Waals surface area contributed by atoms with E-state index in [0.29, 0.717) is 6.54 Å². The molecule has 0 fully saturated rings. The summed E-state index contributed by atoms with van der Waals surface area (Å²) in [4.78, 5) is 2.00. The van der Waals surface area contributed by atoms with Gasteiger partial charge in [0.05, 0.1) is 23.1 Å². The van der Waals surface area contributed by atoms with Gasteiger partial charge in [0, 0.05) is 30.1 Å². The molecule has 2 aromatic heterocycles. The quantitative estimate of drug-likeness (QED) is 0.765. The van der Waals surface area contributed by atoms with Gasteiger partial charge < -0.3 is 19.1 Å². The third kappa shape index (κ3) is 2.98. The van der Waals surface area contributed by atoms with Gasteiger partial charge in [-0.05, 0) is 33.0 Å². The van der Waals surface area contributed by atoms with E-state index < -0.39 is 6.10 Å². The summed E-state index contributed by atoms with van der Waals surface area (Å²) in [5, 5.41) is 16.4. The van der Waals surface area contributed by atoms with Crippen LogP contribution in [0.3, 0.4) is 0 Å². The molecule has 1 N–H and O–H groups in total. The highest BCUT2D eigenvalue weighted by molar-refractivity contribution is 5.93. The average Bonchev–Trinajstić information content (AvgIpc) is 3.05. The first kappa shape index (κ1) is 17.7. The maximum atomic E-state index is 11.0. The zero-order valence-electron chi connectivity index (χ0n) is 15.9. The van der Waals surface area contributed by atoms with Crippen molar-refractivity contribution in [1.82, 2.24) is 14.6 Å². The lowest BCUT2D eigenvalue weighted by molar-refractivity contribution is 0.140.